The van der Waals surface area contributed by atoms with E-state index in [1.54, 1.807) is 17.5 Å². The largest absolute Gasteiger partial charge is 0.379 e. The van der Waals surface area contributed by atoms with Crippen LogP contribution in [-0.2, 0) is 14.8 Å². The Bertz CT molecular complexity index is 1090. The van der Waals surface area contributed by atoms with Crippen LogP contribution in [-0.4, -0.2) is 81.0 Å². The summed E-state index contributed by atoms with van der Waals surface area (Å²) in [6, 6.07) is 4.85. The van der Waals surface area contributed by atoms with Gasteiger partial charge < -0.3 is 10.1 Å². The van der Waals surface area contributed by atoms with Crippen LogP contribution in [0.5, 0.6) is 0 Å². The van der Waals surface area contributed by atoms with Gasteiger partial charge in [-0.05, 0) is 50.4 Å². The molecule has 186 valence electrons. The van der Waals surface area contributed by atoms with Crippen LogP contribution in [0.1, 0.15) is 46.2 Å². The van der Waals surface area contributed by atoms with E-state index < -0.39 is 10.0 Å². The monoisotopic (exact) mass is 526 g/mol. The molecule has 3 heterocycles. The highest BCUT2D eigenvalue weighted by Gasteiger charge is 2.31. The summed E-state index contributed by atoms with van der Waals surface area (Å²) in [5.41, 5.74) is 1.29. The zero-order chi connectivity index (χ0) is 24.1. The van der Waals surface area contributed by atoms with Crippen LogP contribution in [0.4, 0.5) is 0 Å². The molecule has 2 aliphatic rings. The molecule has 11 heteroatoms. The molecule has 8 nitrogen and oxygen atoms in total. The zero-order valence-corrected chi connectivity index (χ0v) is 21.7. The minimum absolute atomic E-state index is 0.152. The smallest absolute Gasteiger partial charge is 0.270 e. The molecule has 0 spiro atoms. The summed E-state index contributed by atoms with van der Waals surface area (Å²) < 4.78 is 32.9. The van der Waals surface area contributed by atoms with Crippen LogP contribution >= 0.6 is 22.9 Å². The van der Waals surface area contributed by atoms with Gasteiger partial charge in [-0.3, -0.25) is 9.69 Å². The Labute approximate surface area is 210 Å². The van der Waals surface area contributed by atoms with Crippen molar-refractivity contribution in [3.63, 3.8) is 0 Å². The summed E-state index contributed by atoms with van der Waals surface area (Å²) in [6.07, 6.45) is 2.24. The summed E-state index contributed by atoms with van der Waals surface area (Å²) in [5, 5.41) is 6.10. The Balaban J connectivity index is 1.26. The van der Waals surface area contributed by atoms with E-state index in [0.717, 1.165) is 49.8 Å². The minimum atomic E-state index is -3.58. The standard InChI is InChI=1S/C23H31ClN4O4S2/c1-17-3-4-19(15-20(17)24)34(30,31)28-9-5-18(6-10-28)23-26-21(16-33-23)22(29)25-7-2-8-27-11-13-32-14-12-27/h3-4,15-16,18H,2,5-14H2,1H3,(H,25,29). The van der Waals surface area contributed by atoms with Crippen molar-refractivity contribution in [2.45, 2.75) is 37.0 Å². The molecule has 0 atom stereocenters. The Hall–Kier alpha value is -1.56. The Kier molecular flexibility index (Phi) is 8.60. The number of sulfonamides is 1. The third-order valence-corrected chi connectivity index (χ3v) is 9.69. The highest BCUT2D eigenvalue weighted by Crippen LogP contribution is 2.33. The Morgan fingerprint density at radius 2 is 1.97 bits per heavy atom. The van der Waals surface area contributed by atoms with Crippen LogP contribution in [0.25, 0.3) is 0 Å². The number of amides is 1. The molecule has 2 fully saturated rings. The lowest BCUT2D eigenvalue weighted by Crippen LogP contribution is -2.38. The second kappa shape index (κ2) is 11.5. The second-order valence-electron chi connectivity index (χ2n) is 8.72. The lowest BCUT2D eigenvalue weighted by Gasteiger charge is -2.30. The van der Waals surface area contributed by atoms with Crippen molar-refractivity contribution in [1.29, 1.82) is 0 Å². The van der Waals surface area contributed by atoms with Gasteiger partial charge in [0, 0.05) is 49.0 Å². The Morgan fingerprint density at radius 3 is 2.68 bits per heavy atom. The summed E-state index contributed by atoms with van der Waals surface area (Å²) in [7, 11) is -3.58. The third-order valence-electron chi connectivity index (χ3n) is 6.38. The number of aryl methyl sites for hydroxylation is 1. The van der Waals surface area contributed by atoms with Gasteiger partial charge in [-0.15, -0.1) is 11.3 Å². The predicted molar refractivity (Wildman–Crippen MR) is 133 cm³/mol. The second-order valence-corrected chi connectivity index (χ2v) is 12.0. The molecule has 34 heavy (non-hydrogen) atoms. The first-order valence-electron chi connectivity index (χ1n) is 11.6. The normalized spacial score (nSPS) is 18.8. The fourth-order valence-corrected chi connectivity index (χ4v) is 6.94. The van der Waals surface area contributed by atoms with E-state index in [1.165, 1.54) is 21.7 Å². The van der Waals surface area contributed by atoms with Gasteiger partial charge in [0.1, 0.15) is 5.69 Å². The maximum Gasteiger partial charge on any atom is 0.270 e. The van der Waals surface area contributed by atoms with Crippen molar-refractivity contribution in [3.05, 3.63) is 44.9 Å². The molecule has 0 saturated carbocycles. The average molecular weight is 527 g/mol. The molecular formula is C23H31ClN4O4S2. The number of piperidine rings is 1. The van der Waals surface area contributed by atoms with E-state index in [2.05, 4.69) is 15.2 Å². The minimum Gasteiger partial charge on any atom is -0.379 e. The van der Waals surface area contributed by atoms with Gasteiger partial charge in [0.25, 0.3) is 5.91 Å². The molecule has 0 bridgehead atoms. The fraction of sp³-hybridized carbons (Fsp3) is 0.565. The number of halogens is 1. The SMILES string of the molecule is Cc1ccc(S(=O)(=O)N2CCC(c3nc(C(=O)NCCCN4CCOCC4)cs3)CC2)cc1Cl. The van der Waals surface area contributed by atoms with Gasteiger partial charge in [-0.2, -0.15) is 4.31 Å². The number of nitrogens with zero attached hydrogens (tertiary/aromatic N) is 3. The number of carbonyl (C=O) groups is 1. The number of hydrogen-bond acceptors (Lipinski definition) is 7. The van der Waals surface area contributed by atoms with Crippen LogP contribution in [0, 0.1) is 6.92 Å². The number of carbonyl (C=O) groups excluding carboxylic acids is 1. The molecule has 4 rings (SSSR count). The molecule has 0 aliphatic carbocycles. The highest BCUT2D eigenvalue weighted by atomic mass is 35.5. The van der Waals surface area contributed by atoms with Gasteiger partial charge in [0.2, 0.25) is 10.0 Å². The summed E-state index contributed by atoms with van der Waals surface area (Å²) in [4.78, 5) is 19.6. The molecule has 1 amide bonds. The lowest BCUT2D eigenvalue weighted by atomic mass is 9.99. The zero-order valence-electron chi connectivity index (χ0n) is 19.3. The molecule has 2 aromatic rings. The van der Waals surface area contributed by atoms with Crippen molar-refractivity contribution >= 4 is 38.9 Å². The third kappa shape index (κ3) is 6.16. The van der Waals surface area contributed by atoms with Crippen LogP contribution in [0.3, 0.4) is 0 Å². The number of rotatable bonds is 8. The summed E-state index contributed by atoms with van der Waals surface area (Å²) in [6.45, 7) is 7.69. The molecule has 1 N–H and O–H groups in total. The van der Waals surface area contributed by atoms with Crippen LogP contribution in [0.2, 0.25) is 5.02 Å². The number of nitrogens with one attached hydrogen (secondary N) is 1. The first kappa shape index (κ1) is 25.5. The lowest BCUT2D eigenvalue weighted by molar-refractivity contribution is 0.0374. The van der Waals surface area contributed by atoms with Crippen LogP contribution in [0.15, 0.2) is 28.5 Å². The molecular weight excluding hydrogens is 496 g/mol. The molecule has 0 radical (unpaired) electrons. The summed E-state index contributed by atoms with van der Waals surface area (Å²) >= 11 is 7.61. The number of aromatic nitrogens is 1. The topological polar surface area (TPSA) is 91.8 Å². The maximum absolute atomic E-state index is 13.0. The van der Waals surface area contributed by atoms with Gasteiger partial charge in [-0.1, -0.05) is 17.7 Å². The first-order chi connectivity index (χ1) is 16.3. The number of thiazole rings is 1. The maximum atomic E-state index is 13.0. The van der Waals surface area contributed by atoms with Crippen molar-refractivity contribution in [2.24, 2.45) is 0 Å². The number of ether oxygens (including phenoxy) is 1. The first-order valence-corrected chi connectivity index (χ1v) is 14.3. The van der Waals surface area contributed by atoms with E-state index >= 15 is 0 Å². The molecule has 1 aromatic carbocycles. The molecule has 2 aliphatic heterocycles. The highest BCUT2D eigenvalue weighted by molar-refractivity contribution is 7.89. The number of morpholine rings is 1. The fourth-order valence-electron chi connectivity index (χ4n) is 4.23. The van der Waals surface area contributed by atoms with Crippen molar-refractivity contribution < 1.29 is 17.9 Å². The van der Waals surface area contributed by atoms with E-state index in [4.69, 9.17) is 16.3 Å². The Morgan fingerprint density at radius 1 is 1.24 bits per heavy atom. The van der Waals surface area contributed by atoms with E-state index in [9.17, 15) is 13.2 Å². The molecule has 1 aromatic heterocycles. The van der Waals surface area contributed by atoms with Gasteiger partial charge in [-0.25, -0.2) is 13.4 Å². The summed E-state index contributed by atoms with van der Waals surface area (Å²) in [5.74, 6) is 0.00154. The van der Waals surface area contributed by atoms with Gasteiger partial charge in [0.15, 0.2) is 0 Å². The van der Waals surface area contributed by atoms with Gasteiger partial charge in [0.05, 0.1) is 23.1 Å². The predicted octanol–water partition coefficient (Wildman–Crippen LogP) is 3.13. The van der Waals surface area contributed by atoms with Crippen molar-refractivity contribution in [3.8, 4) is 0 Å². The van der Waals surface area contributed by atoms with Crippen molar-refractivity contribution in [1.82, 2.24) is 19.5 Å². The number of hydrogen-bond donors (Lipinski definition) is 1. The van der Waals surface area contributed by atoms with E-state index in [-0.39, 0.29) is 16.7 Å². The molecule has 2 saturated heterocycles. The van der Waals surface area contributed by atoms with Crippen molar-refractivity contribution in [2.75, 3.05) is 52.5 Å². The molecule has 0 unspecified atom stereocenters. The quantitative estimate of drug-likeness (QED) is 0.531. The van der Waals surface area contributed by atoms with E-state index in [1.807, 2.05) is 6.92 Å². The van der Waals surface area contributed by atoms with Gasteiger partial charge >= 0.3 is 0 Å². The average Bonchev–Trinajstić information content (AvgIpc) is 3.35. The van der Waals surface area contributed by atoms with E-state index in [0.29, 0.717) is 43.2 Å². The number of benzene rings is 1. The van der Waals surface area contributed by atoms with Crippen LogP contribution < -0.4 is 5.32 Å².